The third-order valence-electron chi connectivity index (χ3n) is 4.02. The molecule has 0 saturated carbocycles. The molecule has 3 rings (SSSR count). The molecule has 140 valence electrons. The Kier molecular flexibility index (Phi) is 5.94. The summed E-state index contributed by atoms with van der Waals surface area (Å²) in [7, 11) is 3.17. The second-order valence-corrected chi connectivity index (χ2v) is 5.90. The van der Waals surface area contributed by atoms with Crippen LogP contribution in [-0.4, -0.2) is 30.0 Å². The van der Waals surface area contributed by atoms with Gasteiger partial charge < -0.3 is 20.1 Å². The number of hydrogen-bond donors (Lipinski definition) is 2. The molecule has 2 amide bonds. The Bertz CT molecular complexity index is 877. The van der Waals surface area contributed by atoms with E-state index in [0.717, 1.165) is 16.8 Å². The fraction of sp³-hybridized carbons (Fsp3) is 0.200. The van der Waals surface area contributed by atoms with E-state index in [4.69, 9.17) is 9.47 Å². The van der Waals surface area contributed by atoms with Crippen molar-refractivity contribution in [2.75, 3.05) is 19.5 Å². The van der Waals surface area contributed by atoms with Crippen molar-refractivity contribution >= 4 is 11.7 Å². The number of nitrogens with one attached hydrogen (secondary N) is 2. The molecule has 0 unspecified atom stereocenters. The highest BCUT2D eigenvalue weighted by Crippen LogP contribution is 2.27. The predicted octanol–water partition coefficient (Wildman–Crippen LogP) is 3.27. The van der Waals surface area contributed by atoms with Crippen molar-refractivity contribution in [2.24, 2.45) is 0 Å². The van der Waals surface area contributed by atoms with Gasteiger partial charge in [-0.15, -0.1) is 0 Å². The summed E-state index contributed by atoms with van der Waals surface area (Å²) >= 11 is 0. The number of carbonyl (C=O) groups is 1. The first-order valence-corrected chi connectivity index (χ1v) is 8.50. The topological polar surface area (TPSA) is 77.4 Å². The largest absolute Gasteiger partial charge is 0.493 e. The van der Waals surface area contributed by atoms with E-state index in [1.165, 1.54) is 0 Å². The first kappa shape index (κ1) is 18.3. The van der Waals surface area contributed by atoms with E-state index >= 15 is 0 Å². The summed E-state index contributed by atoms with van der Waals surface area (Å²) in [5, 5.41) is 9.83. The predicted molar refractivity (Wildman–Crippen MR) is 103 cm³/mol. The number of urea groups is 1. The third-order valence-corrected chi connectivity index (χ3v) is 4.02. The molecule has 0 atom stereocenters. The zero-order chi connectivity index (χ0) is 19.1. The number of ether oxygens (including phenoxy) is 2. The smallest absolute Gasteiger partial charge is 0.319 e. The van der Waals surface area contributed by atoms with Crippen LogP contribution in [0.5, 0.6) is 11.5 Å². The third kappa shape index (κ3) is 5.01. The number of amides is 2. The Morgan fingerprint density at radius 1 is 1.04 bits per heavy atom. The summed E-state index contributed by atoms with van der Waals surface area (Å²) in [6.07, 6.45) is 3.66. The standard InChI is InChI=1S/C20H22N4O3/c1-26-18-9-6-16(12-19(18)27-2)13-21-20(25)23-17-7-4-15(5-8-17)14-24-11-3-10-22-24/h3-12H,13-14H2,1-2H3,(H2,21,23,25). The van der Waals surface area contributed by atoms with Crippen molar-refractivity contribution in [3.63, 3.8) is 0 Å². The second kappa shape index (κ2) is 8.75. The van der Waals surface area contributed by atoms with Crippen LogP contribution < -0.4 is 20.1 Å². The highest BCUT2D eigenvalue weighted by atomic mass is 16.5. The van der Waals surface area contributed by atoms with E-state index in [-0.39, 0.29) is 6.03 Å². The van der Waals surface area contributed by atoms with Crippen LogP contribution in [0.1, 0.15) is 11.1 Å². The normalized spacial score (nSPS) is 10.3. The van der Waals surface area contributed by atoms with Gasteiger partial charge in [0.25, 0.3) is 0 Å². The number of methoxy groups -OCH3 is 2. The van der Waals surface area contributed by atoms with E-state index in [9.17, 15) is 4.79 Å². The molecule has 1 heterocycles. The van der Waals surface area contributed by atoms with Gasteiger partial charge in [-0.3, -0.25) is 4.68 Å². The van der Waals surface area contributed by atoms with Crippen molar-refractivity contribution in [3.05, 3.63) is 72.1 Å². The van der Waals surface area contributed by atoms with Crippen LogP contribution in [0.3, 0.4) is 0 Å². The van der Waals surface area contributed by atoms with E-state index in [1.54, 1.807) is 20.4 Å². The minimum Gasteiger partial charge on any atom is -0.493 e. The van der Waals surface area contributed by atoms with E-state index in [0.29, 0.717) is 24.6 Å². The van der Waals surface area contributed by atoms with Gasteiger partial charge in [0.05, 0.1) is 20.8 Å². The summed E-state index contributed by atoms with van der Waals surface area (Å²) < 4.78 is 12.3. The molecule has 0 fully saturated rings. The summed E-state index contributed by atoms with van der Waals surface area (Å²) in [4.78, 5) is 12.1. The number of anilines is 1. The number of carbonyl (C=O) groups excluding carboxylic acids is 1. The minimum absolute atomic E-state index is 0.274. The van der Waals surface area contributed by atoms with Gasteiger partial charge >= 0.3 is 6.03 Å². The van der Waals surface area contributed by atoms with E-state index < -0.39 is 0 Å². The van der Waals surface area contributed by atoms with Crippen LogP contribution in [0.25, 0.3) is 0 Å². The van der Waals surface area contributed by atoms with Crippen molar-refractivity contribution in [1.29, 1.82) is 0 Å². The van der Waals surface area contributed by atoms with Crippen LogP contribution in [0.4, 0.5) is 10.5 Å². The molecule has 0 aliphatic rings. The molecule has 0 aliphatic carbocycles. The van der Waals surface area contributed by atoms with Crippen LogP contribution >= 0.6 is 0 Å². The van der Waals surface area contributed by atoms with Gasteiger partial charge in [-0.2, -0.15) is 5.10 Å². The molecule has 0 bridgehead atoms. The Hall–Kier alpha value is -3.48. The van der Waals surface area contributed by atoms with Crippen LogP contribution in [-0.2, 0) is 13.1 Å². The zero-order valence-electron chi connectivity index (χ0n) is 15.3. The SMILES string of the molecule is COc1ccc(CNC(=O)Nc2ccc(Cn3cccn3)cc2)cc1OC. The lowest BCUT2D eigenvalue weighted by Gasteiger charge is -2.11. The van der Waals surface area contributed by atoms with Crippen molar-refractivity contribution in [1.82, 2.24) is 15.1 Å². The van der Waals surface area contributed by atoms with Crippen LogP contribution in [0, 0.1) is 0 Å². The van der Waals surface area contributed by atoms with Gasteiger partial charge in [-0.05, 0) is 41.5 Å². The average molecular weight is 366 g/mol. The molecule has 1 aromatic heterocycles. The lowest BCUT2D eigenvalue weighted by Crippen LogP contribution is -2.28. The zero-order valence-corrected chi connectivity index (χ0v) is 15.3. The van der Waals surface area contributed by atoms with Crippen LogP contribution in [0.2, 0.25) is 0 Å². The fourth-order valence-electron chi connectivity index (χ4n) is 2.62. The highest BCUT2D eigenvalue weighted by molar-refractivity contribution is 5.89. The van der Waals surface area contributed by atoms with Gasteiger partial charge in [-0.1, -0.05) is 18.2 Å². The Morgan fingerprint density at radius 2 is 1.78 bits per heavy atom. The monoisotopic (exact) mass is 366 g/mol. The number of aromatic nitrogens is 2. The number of benzene rings is 2. The molecule has 2 N–H and O–H groups in total. The molecule has 3 aromatic rings. The first-order valence-electron chi connectivity index (χ1n) is 8.50. The molecule has 0 spiro atoms. The van der Waals surface area contributed by atoms with Gasteiger partial charge in [0.15, 0.2) is 11.5 Å². The molecule has 0 saturated heterocycles. The summed E-state index contributed by atoms with van der Waals surface area (Å²) in [6.45, 7) is 1.07. The maximum Gasteiger partial charge on any atom is 0.319 e. The second-order valence-electron chi connectivity index (χ2n) is 5.90. The lowest BCUT2D eigenvalue weighted by atomic mass is 10.2. The summed E-state index contributed by atoms with van der Waals surface area (Å²) in [6, 6.07) is 14.8. The average Bonchev–Trinajstić information content (AvgIpc) is 3.20. The molecule has 7 nitrogen and oxygen atoms in total. The molecular weight excluding hydrogens is 344 g/mol. The Labute approximate surface area is 157 Å². The van der Waals surface area contributed by atoms with E-state index in [2.05, 4.69) is 15.7 Å². The maximum atomic E-state index is 12.1. The van der Waals surface area contributed by atoms with Gasteiger partial charge in [-0.25, -0.2) is 4.79 Å². The lowest BCUT2D eigenvalue weighted by molar-refractivity contribution is 0.251. The summed E-state index contributed by atoms with van der Waals surface area (Å²) in [5.41, 5.74) is 2.75. The number of nitrogens with zero attached hydrogens (tertiary/aromatic N) is 2. The molecule has 0 radical (unpaired) electrons. The van der Waals surface area contributed by atoms with Gasteiger partial charge in [0.2, 0.25) is 0 Å². The van der Waals surface area contributed by atoms with Crippen molar-refractivity contribution < 1.29 is 14.3 Å². The molecule has 27 heavy (non-hydrogen) atoms. The molecular formula is C20H22N4O3. The fourth-order valence-corrected chi connectivity index (χ4v) is 2.62. The quantitative estimate of drug-likeness (QED) is 0.673. The maximum absolute atomic E-state index is 12.1. The number of hydrogen-bond acceptors (Lipinski definition) is 4. The molecule has 2 aromatic carbocycles. The van der Waals surface area contributed by atoms with Crippen molar-refractivity contribution in [2.45, 2.75) is 13.1 Å². The summed E-state index contributed by atoms with van der Waals surface area (Å²) in [5.74, 6) is 1.28. The Balaban J connectivity index is 1.52. The molecule has 0 aliphatic heterocycles. The van der Waals surface area contributed by atoms with E-state index in [1.807, 2.05) is 59.4 Å². The van der Waals surface area contributed by atoms with Crippen LogP contribution in [0.15, 0.2) is 60.9 Å². The highest BCUT2D eigenvalue weighted by Gasteiger charge is 2.06. The number of rotatable bonds is 7. The van der Waals surface area contributed by atoms with Crippen molar-refractivity contribution in [3.8, 4) is 11.5 Å². The van der Waals surface area contributed by atoms with Gasteiger partial charge in [0, 0.05) is 24.6 Å². The Morgan fingerprint density at radius 3 is 2.44 bits per heavy atom. The first-order chi connectivity index (χ1) is 13.2. The molecule has 7 heteroatoms. The minimum atomic E-state index is -0.274. The van der Waals surface area contributed by atoms with Gasteiger partial charge in [0.1, 0.15) is 0 Å².